The van der Waals surface area contributed by atoms with E-state index in [9.17, 15) is 9.59 Å². The smallest absolute Gasteiger partial charge is 0.311 e. The molecule has 0 aromatic heterocycles. The summed E-state index contributed by atoms with van der Waals surface area (Å²) in [6, 6.07) is 17.5. The maximum atomic E-state index is 12.7. The highest BCUT2D eigenvalue weighted by Gasteiger charge is 2.22. The van der Waals surface area contributed by atoms with E-state index in [1.165, 1.54) is 0 Å². The number of likely N-dealkylation sites (N-methyl/N-ethyl adjacent to an activating group) is 1. The third kappa shape index (κ3) is 6.56. The number of hydrogen-bond acceptors (Lipinski definition) is 5. The topological polar surface area (TPSA) is 61.9 Å². The first-order chi connectivity index (χ1) is 15.1. The Labute approximate surface area is 185 Å². The molecule has 1 fully saturated rings. The minimum atomic E-state index is -0.416. The molecular formula is C25H33N3O3. The van der Waals surface area contributed by atoms with Crippen LogP contribution < -0.4 is 10.2 Å². The van der Waals surface area contributed by atoms with Crippen LogP contribution in [0.2, 0.25) is 0 Å². The Morgan fingerprint density at radius 2 is 1.65 bits per heavy atom. The Hall–Kier alpha value is -2.86. The summed E-state index contributed by atoms with van der Waals surface area (Å²) in [5.41, 5.74) is 2.78. The van der Waals surface area contributed by atoms with E-state index in [-0.39, 0.29) is 18.4 Å². The number of anilines is 1. The molecule has 2 aromatic carbocycles. The quantitative estimate of drug-likeness (QED) is 0.629. The van der Waals surface area contributed by atoms with Crippen LogP contribution in [-0.4, -0.2) is 62.7 Å². The SMILES string of the molecule is CCOC(=O)C(CNC(=O)c1ccc(N2CCN(CC)CC2)cc1)Cc1ccccc1. The van der Waals surface area contributed by atoms with E-state index in [0.29, 0.717) is 18.6 Å². The minimum absolute atomic E-state index is 0.176. The van der Waals surface area contributed by atoms with Crippen LogP contribution in [0.1, 0.15) is 29.8 Å². The molecule has 1 aliphatic heterocycles. The summed E-state index contributed by atoms with van der Waals surface area (Å²) in [5.74, 6) is -0.877. The van der Waals surface area contributed by atoms with Crippen LogP contribution in [0.5, 0.6) is 0 Å². The summed E-state index contributed by atoms with van der Waals surface area (Å²) in [4.78, 5) is 29.8. The molecular weight excluding hydrogens is 390 g/mol. The summed E-state index contributed by atoms with van der Waals surface area (Å²) < 4.78 is 5.21. The lowest BCUT2D eigenvalue weighted by atomic mass is 9.99. The number of rotatable bonds is 9. The van der Waals surface area contributed by atoms with Crippen LogP contribution in [0, 0.1) is 5.92 Å². The second kappa shape index (κ2) is 11.5. The van der Waals surface area contributed by atoms with Crippen molar-refractivity contribution in [3.63, 3.8) is 0 Å². The van der Waals surface area contributed by atoms with Gasteiger partial charge in [0, 0.05) is 44.0 Å². The maximum absolute atomic E-state index is 12.7. The summed E-state index contributed by atoms with van der Waals surface area (Å²) >= 11 is 0. The molecule has 0 bridgehead atoms. The van der Waals surface area contributed by atoms with Gasteiger partial charge in [0.25, 0.3) is 5.91 Å². The highest BCUT2D eigenvalue weighted by molar-refractivity contribution is 5.94. The molecule has 1 N–H and O–H groups in total. The number of hydrogen-bond donors (Lipinski definition) is 1. The second-order valence-electron chi connectivity index (χ2n) is 7.82. The van der Waals surface area contributed by atoms with Gasteiger partial charge in [0.2, 0.25) is 0 Å². The Kier molecular flexibility index (Phi) is 8.47. The van der Waals surface area contributed by atoms with Gasteiger partial charge in [0.1, 0.15) is 0 Å². The highest BCUT2D eigenvalue weighted by Crippen LogP contribution is 2.18. The van der Waals surface area contributed by atoms with Gasteiger partial charge < -0.3 is 19.9 Å². The number of piperazine rings is 1. The largest absolute Gasteiger partial charge is 0.466 e. The lowest BCUT2D eigenvalue weighted by molar-refractivity contribution is -0.147. The molecule has 2 aromatic rings. The molecule has 3 rings (SSSR count). The van der Waals surface area contributed by atoms with Gasteiger partial charge in [-0.25, -0.2) is 0 Å². The molecule has 0 aliphatic carbocycles. The Morgan fingerprint density at radius 1 is 0.968 bits per heavy atom. The average molecular weight is 424 g/mol. The van der Waals surface area contributed by atoms with E-state index >= 15 is 0 Å². The van der Waals surface area contributed by atoms with Crippen molar-refractivity contribution in [1.82, 2.24) is 10.2 Å². The van der Waals surface area contributed by atoms with Crippen molar-refractivity contribution >= 4 is 17.6 Å². The van der Waals surface area contributed by atoms with Crippen LogP contribution in [0.3, 0.4) is 0 Å². The number of nitrogens with zero attached hydrogens (tertiary/aromatic N) is 2. The first kappa shape index (κ1) is 22.8. The van der Waals surface area contributed by atoms with E-state index in [4.69, 9.17) is 4.74 Å². The van der Waals surface area contributed by atoms with Crippen molar-refractivity contribution in [2.24, 2.45) is 5.92 Å². The van der Waals surface area contributed by atoms with Gasteiger partial charge in [-0.05, 0) is 49.7 Å². The van der Waals surface area contributed by atoms with E-state index in [1.54, 1.807) is 6.92 Å². The van der Waals surface area contributed by atoms with E-state index in [2.05, 4.69) is 22.0 Å². The second-order valence-corrected chi connectivity index (χ2v) is 7.82. The number of nitrogens with one attached hydrogen (secondary N) is 1. The lowest BCUT2D eigenvalue weighted by Crippen LogP contribution is -2.46. The molecule has 1 amide bonds. The predicted molar refractivity (Wildman–Crippen MR) is 123 cm³/mol. The standard InChI is InChI=1S/C25H33N3O3/c1-3-27-14-16-28(17-15-27)23-12-10-21(11-13-23)24(29)26-19-22(25(30)31-4-2)18-20-8-6-5-7-9-20/h5-13,22H,3-4,14-19H2,1-2H3,(H,26,29). The molecule has 31 heavy (non-hydrogen) atoms. The molecule has 1 heterocycles. The molecule has 6 heteroatoms. The van der Waals surface area contributed by atoms with Crippen molar-refractivity contribution in [2.45, 2.75) is 20.3 Å². The third-order valence-corrected chi connectivity index (χ3v) is 5.77. The molecule has 1 unspecified atom stereocenters. The zero-order chi connectivity index (χ0) is 22.1. The highest BCUT2D eigenvalue weighted by atomic mass is 16.5. The monoisotopic (exact) mass is 423 g/mol. The van der Waals surface area contributed by atoms with Gasteiger partial charge in [-0.3, -0.25) is 9.59 Å². The summed E-state index contributed by atoms with van der Waals surface area (Å²) in [6.07, 6.45) is 0.530. The molecule has 1 saturated heterocycles. The third-order valence-electron chi connectivity index (χ3n) is 5.77. The minimum Gasteiger partial charge on any atom is -0.466 e. The normalized spacial score (nSPS) is 15.4. The molecule has 166 valence electrons. The Bertz CT molecular complexity index is 831. The van der Waals surface area contributed by atoms with Crippen molar-refractivity contribution < 1.29 is 14.3 Å². The average Bonchev–Trinajstić information content (AvgIpc) is 2.82. The van der Waals surface area contributed by atoms with Gasteiger partial charge in [-0.1, -0.05) is 37.3 Å². The molecule has 6 nitrogen and oxygen atoms in total. The molecule has 1 atom stereocenters. The van der Waals surface area contributed by atoms with Crippen LogP contribution in [0.15, 0.2) is 54.6 Å². The van der Waals surface area contributed by atoms with Crippen molar-refractivity contribution in [2.75, 3.05) is 50.8 Å². The van der Waals surface area contributed by atoms with Crippen molar-refractivity contribution in [3.8, 4) is 0 Å². The van der Waals surface area contributed by atoms with Gasteiger partial charge in [0.05, 0.1) is 12.5 Å². The van der Waals surface area contributed by atoms with E-state index in [1.807, 2.05) is 54.6 Å². The number of amides is 1. The Balaban J connectivity index is 1.57. The van der Waals surface area contributed by atoms with E-state index in [0.717, 1.165) is 44.0 Å². The molecule has 0 radical (unpaired) electrons. The fourth-order valence-electron chi connectivity index (χ4n) is 3.86. The summed E-state index contributed by atoms with van der Waals surface area (Å²) in [7, 11) is 0. The van der Waals surface area contributed by atoms with Crippen LogP contribution in [-0.2, 0) is 16.0 Å². The van der Waals surface area contributed by atoms with E-state index < -0.39 is 5.92 Å². The van der Waals surface area contributed by atoms with Crippen molar-refractivity contribution in [3.05, 3.63) is 65.7 Å². The van der Waals surface area contributed by atoms with Gasteiger partial charge in [-0.15, -0.1) is 0 Å². The maximum Gasteiger partial charge on any atom is 0.311 e. The number of esters is 1. The van der Waals surface area contributed by atoms with Gasteiger partial charge in [-0.2, -0.15) is 0 Å². The lowest BCUT2D eigenvalue weighted by Gasteiger charge is -2.35. The predicted octanol–water partition coefficient (Wildman–Crippen LogP) is 2.98. The van der Waals surface area contributed by atoms with Crippen LogP contribution >= 0.6 is 0 Å². The first-order valence-electron chi connectivity index (χ1n) is 11.2. The number of carbonyl (C=O) groups is 2. The van der Waals surface area contributed by atoms with Gasteiger partial charge in [0.15, 0.2) is 0 Å². The molecule has 1 aliphatic rings. The molecule has 0 spiro atoms. The van der Waals surface area contributed by atoms with Gasteiger partial charge >= 0.3 is 5.97 Å². The fraction of sp³-hybridized carbons (Fsp3) is 0.440. The zero-order valence-corrected chi connectivity index (χ0v) is 18.5. The summed E-state index contributed by atoms with van der Waals surface area (Å²) in [5, 5.41) is 2.91. The number of benzene rings is 2. The fourth-order valence-corrected chi connectivity index (χ4v) is 3.86. The van der Waals surface area contributed by atoms with Crippen LogP contribution in [0.4, 0.5) is 5.69 Å². The molecule has 0 saturated carbocycles. The van der Waals surface area contributed by atoms with Crippen molar-refractivity contribution in [1.29, 1.82) is 0 Å². The first-order valence-corrected chi connectivity index (χ1v) is 11.2. The number of carbonyl (C=O) groups excluding carboxylic acids is 2. The van der Waals surface area contributed by atoms with Crippen LogP contribution in [0.25, 0.3) is 0 Å². The Morgan fingerprint density at radius 3 is 2.26 bits per heavy atom. The number of ether oxygens (including phenoxy) is 1. The zero-order valence-electron chi connectivity index (χ0n) is 18.5. The summed E-state index contributed by atoms with van der Waals surface area (Å²) in [6.45, 7) is 9.77.